The summed E-state index contributed by atoms with van der Waals surface area (Å²) in [5.41, 5.74) is 8.27. The number of ether oxygens (including phenoxy) is 1. The number of benzene rings is 1. The molecule has 130 valence electrons. The first-order chi connectivity index (χ1) is 12.0. The molecule has 1 aliphatic heterocycles. The van der Waals surface area contributed by atoms with E-state index in [1.807, 2.05) is 17.0 Å². The fraction of sp³-hybridized carbons (Fsp3) is 0.316. The van der Waals surface area contributed by atoms with Gasteiger partial charge in [-0.25, -0.2) is 0 Å². The molecule has 0 saturated carbocycles. The maximum absolute atomic E-state index is 12.8. The molecule has 0 saturated heterocycles. The average Bonchev–Trinajstić information content (AvgIpc) is 2.80. The lowest BCUT2D eigenvalue weighted by atomic mass is 9.95. The molecule has 1 aromatic carbocycles. The van der Waals surface area contributed by atoms with Crippen molar-refractivity contribution in [1.29, 1.82) is 0 Å². The van der Waals surface area contributed by atoms with Crippen LogP contribution in [0.2, 0.25) is 0 Å². The molecule has 3 rings (SSSR count). The van der Waals surface area contributed by atoms with E-state index in [4.69, 9.17) is 10.5 Å². The van der Waals surface area contributed by atoms with Gasteiger partial charge in [0.15, 0.2) is 0 Å². The topological polar surface area (TPSA) is 85.5 Å². The first-order valence-electron chi connectivity index (χ1n) is 8.21. The highest BCUT2D eigenvalue weighted by atomic mass is 16.5. The third-order valence-electron chi connectivity index (χ3n) is 4.58. The molecule has 25 heavy (non-hydrogen) atoms. The number of nitrogens with two attached hydrogens (primary N) is 1. The van der Waals surface area contributed by atoms with Crippen LogP contribution in [0.5, 0.6) is 5.75 Å². The molecule has 1 aliphatic rings. The summed E-state index contributed by atoms with van der Waals surface area (Å²) in [6, 6.07) is 9.15. The van der Waals surface area contributed by atoms with Gasteiger partial charge >= 0.3 is 0 Å². The Labute approximate surface area is 146 Å². The van der Waals surface area contributed by atoms with Crippen LogP contribution in [0.1, 0.15) is 44.8 Å². The molecule has 0 radical (unpaired) electrons. The molecule has 1 unspecified atom stereocenters. The molecule has 6 heteroatoms. The van der Waals surface area contributed by atoms with Gasteiger partial charge in [0, 0.05) is 19.3 Å². The van der Waals surface area contributed by atoms with Gasteiger partial charge < -0.3 is 15.4 Å². The number of pyridine rings is 1. The van der Waals surface area contributed by atoms with Crippen molar-refractivity contribution in [2.75, 3.05) is 20.2 Å². The largest absolute Gasteiger partial charge is 0.497 e. The Morgan fingerprint density at radius 2 is 2.08 bits per heavy atom. The molecular formula is C19H21N3O3. The molecular weight excluding hydrogens is 318 g/mol. The molecule has 2 N–H and O–H groups in total. The summed E-state index contributed by atoms with van der Waals surface area (Å²) >= 11 is 0. The number of nitrogens with zero attached hydrogens (tertiary/aromatic N) is 2. The Kier molecular flexibility index (Phi) is 4.70. The molecule has 1 aromatic heterocycles. The van der Waals surface area contributed by atoms with Gasteiger partial charge in [-0.3, -0.25) is 14.6 Å². The van der Waals surface area contributed by atoms with Crippen LogP contribution in [0.3, 0.4) is 0 Å². The molecule has 0 aliphatic carbocycles. The fourth-order valence-electron chi connectivity index (χ4n) is 3.17. The molecule has 1 atom stereocenters. The lowest BCUT2D eigenvalue weighted by Crippen LogP contribution is -2.34. The minimum atomic E-state index is -0.556. The van der Waals surface area contributed by atoms with Gasteiger partial charge in [-0.1, -0.05) is 13.0 Å². The normalized spacial score (nSPS) is 16.7. The highest BCUT2D eigenvalue weighted by molar-refractivity contribution is 5.95. The van der Waals surface area contributed by atoms with Crippen molar-refractivity contribution in [2.45, 2.75) is 19.3 Å². The van der Waals surface area contributed by atoms with Crippen LogP contribution in [0.4, 0.5) is 0 Å². The van der Waals surface area contributed by atoms with E-state index in [2.05, 4.69) is 18.0 Å². The molecule has 2 aromatic rings. The second-order valence-corrected chi connectivity index (χ2v) is 6.26. The SMILES string of the molecule is COc1ccc2c(c1)C(C)CN(C(=O)c1ccc(C(N)=O)cn1)CC2. The second kappa shape index (κ2) is 6.93. The molecule has 0 fully saturated rings. The van der Waals surface area contributed by atoms with Crippen LogP contribution < -0.4 is 10.5 Å². The Bertz CT molecular complexity index is 802. The van der Waals surface area contributed by atoms with Crippen molar-refractivity contribution in [3.05, 3.63) is 58.9 Å². The molecule has 2 amide bonds. The predicted molar refractivity (Wildman–Crippen MR) is 93.8 cm³/mol. The van der Waals surface area contributed by atoms with E-state index in [1.165, 1.54) is 23.4 Å². The standard InChI is InChI=1S/C19H21N3O3/c1-12-11-22(8-7-13-3-5-15(25-2)9-16(12)13)19(24)17-6-4-14(10-21-17)18(20)23/h3-6,9-10,12H,7-8,11H2,1-2H3,(H2,20,23). The zero-order valence-electron chi connectivity index (χ0n) is 14.4. The van der Waals surface area contributed by atoms with Crippen LogP contribution in [-0.4, -0.2) is 41.9 Å². The van der Waals surface area contributed by atoms with E-state index in [1.54, 1.807) is 13.2 Å². The minimum Gasteiger partial charge on any atom is -0.497 e. The van der Waals surface area contributed by atoms with Gasteiger partial charge in [0.2, 0.25) is 5.91 Å². The smallest absolute Gasteiger partial charge is 0.272 e. The lowest BCUT2D eigenvalue weighted by Gasteiger charge is -2.22. The summed E-state index contributed by atoms with van der Waals surface area (Å²) < 4.78 is 5.32. The van der Waals surface area contributed by atoms with Gasteiger partial charge in [0.1, 0.15) is 11.4 Å². The van der Waals surface area contributed by atoms with Crippen LogP contribution >= 0.6 is 0 Å². The maximum Gasteiger partial charge on any atom is 0.272 e. The number of rotatable bonds is 3. The number of fused-ring (bicyclic) bond motifs is 1. The van der Waals surface area contributed by atoms with Gasteiger partial charge in [-0.05, 0) is 47.7 Å². The highest BCUT2D eigenvalue weighted by Crippen LogP contribution is 2.29. The fourth-order valence-corrected chi connectivity index (χ4v) is 3.17. The van der Waals surface area contributed by atoms with E-state index in [-0.39, 0.29) is 11.8 Å². The summed E-state index contributed by atoms with van der Waals surface area (Å²) in [6.45, 7) is 3.34. The third-order valence-corrected chi connectivity index (χ3v) is 4.58. The quantitative estimate of drug-likeness (QED) is 0.927. The number of hydrogen-bond donors (Lipinski definition) is 1. The zero-order chi connectivity index (χ0) is 18.0. The Morgan fingerprint density at radius 1 is 1.28 bits per heavy atom. The van der Waals surface area contributed by atoms with E-state index < -0.39 is 5.91 Å². The first-order valence-corrected chi connectivity index (χ1v) is 8.21. The molecule has 0 spiro atoms. The van der Waals surface area contributed by atoms with Crippen LogP contribution in [0.15, 0.2) is 36.5 Å². The number of carbonyl (C=O) groups excluding carboxylic acids is 2. The van der Waals surface area contributed by atoms with Gasteiger partial charge in [0.05, 0.1) is 12.7 Å². The summed E-state index contributed by atoms with van der Waals surface area (Å²) in [7, 11) is 1.65. The second-order valence-electron chi connectivity index (χ2n) is 6.26. The van der Waals surface area contributed by atoms with Crippen LogP contribution in [0, 0.1) is 0 Å². The van der Waals surface area contributed by atoms with Crippen molar-refractivity contribution >= 4 is 11.8 Å². The summed E-state index contributed by atoms with van der Waals surface area (Å²) in [6.07, 6.45) is 2.13. The number of primary amides is 1. The van der Waals surface area contributed by atoms with Gasteiger partial charge in [0.25, 0.3) is 5.91 Å². The Hall–Kier alpha value is -2.89. The van der Waals surface area contributed by atoms with Crippen molar-refractivity contribution in [3.8, 4) is 5.75 Å². The molecule has 2 heterocycles. The monoisotopic (exact) mass is 339 g/mol. The number of carbonyl (C=O) groups is 2. The van der Waals surface area contributed by atoms with E-state index in [0.717, 1.165) is 12.2 Å². The number of amides is 2. The third kappa shape index (κ3) is 3.47. The van der Waals surface area contributed by atoms with E-state index >= 15 is 0 Å². The van der Waals surface area contributed by atoms with E-state index in [0.29, 0.717) is 24.3 Å². The van der Waals surface area contributed by atoms with Gasteiger partial charge in [-0.15, -0.1) is 0 Å². The number of hydrogen-bond acceptors (Lipinski definition) is 4. The van der Waals surface area contributed by atoms with Crippen molar-refractivity contribution in [3.63, 3.8) is 0 Å². The van der Waals surface area contributed by atoms with Crippen molar-refractivity contribution in [1.82, 2.24) is 9.88 Å². The molecule has 0 bridgehead atoms. The van der Waals surface area contributed by atoms with Crippen LogP contribution in [0.25, 0.3) is 0 Å². The van der Waals surface area contributed by atoms with Crippen LogP contribution in [-0.2, 0) is 6.42 Å². The lowest BCUT2D eigenvalue weighted by molar-refractivity contribution is 0.0747. The highest BCUT2D eigenvalue weighted by Gasteiger charge is 2.25. The van der Waals surface area contributed by atoms with E-state index in [9.17, 15) is 9.59 Å². The number of methoxy groups -OCH3 is 1. The Balaban J connectivity index is 1.80. The molecule has 6 nitrogen and oxygen atoms in total. The van der Waals surface area contributed by atoms with Crippen molar-refractivity contribution < 1.29 is 14.3 Å². The van der Waals surface area contributed by atoms with Gasteiger partial charge in [-0.2, -0.15) is 0 Å². The number of aromatic nitrogens is 1. The summed E-state index contributed by atoms with van der Waals surface area (Å²) in [5.74, 6) is 0.331. The maximum atomic E-state index is 12.8. The average molecular weight is 339 g/mol. The first kappa shape index (κ1) is 17.0. The zero-order valence-corrected chi connectivity index (χ0v) is 14.4. The summed E-state index contributed by atoms with van der Waals surface area (Å²) in [4.78, 5) is 29.8. The Morgan fingerprint density at radius 3 is 2.72 bits per heavy atom. The predicted octanol–water partition coefficient (Wildman–Crippen LogP) is 1.99. The summed E-state index contributed by atoms with van der Waals surface area (Å²) in [5, 5.41) is 0. The minimum absolute atomic E-state index is 0.136. The van der Waals surface area contributed by atoms with Crippen molar-refractivity contribution in [2.24, 2.45) is 5.73 Å².